The summed E-state index contributed by atoms with van der Waals surface area (Å²) in [6.45, 7) is 0.790. The van der Waals surface area contributed by atoms with Crippen LogP contribution in [0.1, 0.15) is 19.3 Å². The van der Waals surface area contributed by atoms with Gasteiger partial charge in [0.05, 0.1) is 5.02 Å². The number of carbonyl (C=O) groups is 1. The van der Waals surface area contributed by atoms with Crippen molar-refractivity contribution in [3.63, 3.8) is 0 Å². The number of hydrogen-bond donors (Lipinski definition) is 1. The summed E-state index contributed by atoms with van der Waals surface area (Å²) in [5.41, 5.74) is -0.0368. The van der Waals surface area contributed by atoms with E-state index < -0.39 is 22.4 Å². The first kappa shape index (κ1) is 17.1. The van der Waals surface area contributed by atoms with Crippen molar-refractivity contribution in [2.75, 3.05) is 18.4 Å². The molecule has 1 saturated heterocycles. The van der Waals surface area contributed by atoms with E-state index in [4.69, 9.17) is 11.6 Å². The van der Waals surface area contributed by atoms with Gasteiger partial charge >= 0.3 is 6.43 Å². The summed E-state index contributed by atoms with van der Waals surface area (Å²) in [5.74, 6) is -1.50. The maximum absolute atomic E-state index is 12.6. The molecule has 5 nitrogen and oxygen atoms in total. The molecule has 1 fully saturated rings. The van der Waals surface area contributed by atoms with Crippen LogP contribution >= 0.6 is 11.6 Å². The van der Waals surface area contributed by atoms with Gasteiger partial charge in [0, 0.05) is 18.8 Å². The number of halogens is 3. The van der Waals surface area contributed by atoms with Gasteiger partial charge in [0.25, 0.3) is 5.91 Å². The lowest BCUT2D eigenvalue weighted by atomic mass is 10.2. The van der Waals surface area contributed by atoms with Crippen LogP contribution in [0.3, 0.4) is 0 Å². The monoisotopic (exact) mass is 352 g/mol. The Morgan fingerprint density at radius 3 is 2.45 bits per heavy atom. The number of carbonyl (C=O) groups excluding carboxylic acids is 1. The highest BCUT2D eigenvalue weighted by Crippen LogP contribution is 2.29. The quantitative estimate of drug-likeness (QED) is 0.906. The molecule has 122 valence electrons. The van der Waals surface area contributed by atoms with Gasteiger partial charge in [-0.3, -0.25) is 4.79 Å². The summed E-state index contributed by atoms with van der Waals surface area (Å²) in [6.07, 6.45) is -0.695. The molecule has 1 aliphatic heterocycles. The number of alkyl halides is 2. The summed E-state index contributed by atoms with van der Waals surface area (Å²) in [6, 6.07) is 3.64. The predicted molar refractivity (Wildman–Crippen MR) is 78.7 cm³/mol. The van der Waals surface area contributed by atoms with Gasteiger partial charge in [-0.2, -0.15) is 13.1 Å². The minimum atomic E-state index is -3.81. The van der Waals surface area contributed by atoms with Gasteiger partial charge in [0.15, 0.2) is 0 Å². The topological polar surface area (TPSA) is 66.5 Å². The smallest absolute Gasteiger partial charge is 0.315 e. The Hall–Kier alpha value is -1.25. The van der Waals surface area contributed by atoms with Crippen LogP contribution in [-0.4, -0.2) is 38.1 Å². The highest BCUT2D eigenvalue weighted by Gasteiger charge is 2.28. The zero-order valence-electron chi connectivity index (χ0n) is 11.6. The van der Waals surface area contributed by atoms with Gasteiger partial charge < -0.3 is 5.32 Å². The molecule has 0 saturated carbocycles. The van der Waals surface area contributed by atoms with E-state index >= 15 is 0 Å². The Morgan fingerprint density at radius 1 is 1.23 bits per heavy atom. The molecule has 9 heteroatoms. The highest BCUT2D eigenvalue weighted by atomic mass is 35.5. The molecule has 2 rings (SSSR count). The van der Waals surface area contributed by atoms with Crippen LogP contribution in [0.5, 0.6) is 0 Å². The number of sulfonamides is 1. The van der Waals surface area contributed by atoms with Crippen LogP contribution in [0.25, 0.3) is 0 Å². The lowest BCUT2D eigenvalue weighted by molar-refractivity contribution is -0.126. The number of benzene rings is 1. The molecule has 1 aromatic rings. The number of piperidine rings is 1. The van der Waals surface area contributed by atoms with Crippen LogP contribution in [-0.2, 0) is 14.8 Å². The predicted octanol–water partition coefficient (Wildman–Crippen LogP) is 2.72. The van der Waals surface area contributed by atoms with Crippen molar-refractivity contribution in [2.24, 2.45) is 0 Å². The third kappa shape index (κ3) is 3.74. The minimum absolute atomic E-state index is 0.0133. The van der Waals surface area contributed by atoms with Gasteiger partial charge in [-0.05, 0) is 31.0 Å². The second kappa shape index (κ2) is 6.89. The molecule has 0 unspecified atom stereocenters. The number of hydrogen-bond acceptors (Lipinski definition) is 3. The summed E-state index contributed by atoms with van der Waals surface area (Å²) in [7, 11) is -3.81. The van der Waals surface area contributed by atoms with Gasteiger partial charge in [0.1, 0.15) is 4.90 Å². The van der Waals surface area contributed by atoms with Crippen molar-refractivity contribution in [1.82, 2.24) is 4.31 Å². The molecular weight excluding hydrogens is 338 g/mol. The van der Waals surface area contributed by atoms with E-state index in [9.17, 15) is 22.0 Å². The fourth-order valence-electron chi connectivity index (χ4n) is 2.22. The Bertz CT molecular complexity index is 661. The first-order valence-electron chi connectivity index (χ1n) is 6.71. The second-order valence-corrected chi connectivity index (χ2v) is 7.21. The third-order valence-electron chi connectivity index (χ3n) is 3.33. The van der Waals surface area contributed by atoms with Gasteiger partial charge in [-0.15, -0.1) is 0 Å². The molecule has 0 radical (unpaired) electrons. The molecule has 0 aromatic heterocycles. The van der Waals surface area contributed by atoms with E-state index in [1.165, 1.54) is 16.4 Å². The van der Waals surface area contributed by atoms with E-state index in [-0.39, 0.29) is 15.6 Å². The number of nitrogens with zero attached hydrogens (tertiary/aromatic N) is 1. The lowest BCUT2D eigenvalue weighted by Gasteiger charge is -2.26. The van der Waals surface area contributed by atoms with Crippen molar-refractivity contribution < 1.29 is 22.0 Å². The van der Waals surface area contributed by atoms with Gasteiger partial charge in [-0.1, -0.05) is 18.0 Å². The van der Waals surface area contributed by atoms with Gasteiger partial charge in [0.2, 0.25) is 10.0 Å². The zero-order valence-corrected chi connectivity index (χ0v) is 13.1. The number of anilines is 1. The normalized spacial score (nSPS) is 16.7. The Kier molecular flexibility index (Phi) is 5.36. The maximum atomic E-state index is 12.6. The molecule has 1 heterocycles. The van der Waals surface area contributed by atoms with Crippen LogP contribution in [0.2, 0.25) is 5.02 Å². The van der Waals surface area contributed by atoms with Crippen molar-refractivity contribution in [1.29, 1.82) is 0 Å². The average Bonchev–Trinajstić information content (AvgIpc) is 2.49. The Morgan fingerprint density at radius 2 is 1.86 bits per heavy atom. The van der Waals surface area contributed by atoms with Crippen molar-refractivity contribution in [3.8, 4) is 0 Å². The SMILES string of the molecule is O=C(Nc1ccc(Cl)c(S(=O)(=O)N2CCCCC2)c1)C(F)F. The van der Waals surface area contributed by atoms with Crippen molar-refractivity contribution in [2.45, 2.75) is 30.6 Å². The Labute approximate surface area is 132 Å². The molecular formula is C13H15ClF2N2O3S. The molecule has 22 heavy (non-hydrogen) atoms. The summed E-state index contributed by atoms with van der Waals surface area (Å²) in [4.78, 5) is 10.8. The van der Waals surface area contributed by atoms with E-state index in [0.29, 0.717) is 13.1 Å². The molecule has 0 aliphatic carbocycles. The van der Waals surface area contributed by atoms with E-state index in [1.807, 2.05) is 5.32 Å². The second-order valence-electron chi connectivity index (χ2n) is 4.90. The lowest BCUT2D eigenvalue weighted by Crippen LogP contribution is -2.35. The summed E-state index contributed by atoms with van der Waals surface area (Å²) < 4.78 is 50.9. The fraction of sp³-hybridized carbons (Fsp3) is 0.462. The standard InChI is InChI=1S/C13H15ClF2N2O3S/c14-10-5-4-9(17-13(19)12(15)16)8-11(10)22(20,21)18-6-2-1-3-7-18/h4-5,8,12H,1-3,6-7H2,(H,17,19). The molecule has 1 aromatic carbocycles. The van der Waals surface area contributed by atoms with Crippen LogP contribution in [0.4, 0.5) is 14.5 Å². The summed E-state index contributed by atoms with van der Waals surface area (Å²) >= 11 is 5.93. The van der Waals surface area contributed by atoms with E-state index in [0.717, 1.165) is 25.3 Å². The molecule has 1 N–H and O–H groups in total. The van der Waals surface area contributed by atoms with Crippen LogP contribution in [0, 0.1) is 0 Å². The Balaban J connectivity index is 2.31. The molecule has 0 bridgehead atoms. The maximum Gasteiger partial charge on any atom is 0.315 e. The average molecular weight is 353 g/mol. The zero-order chi connectivity index (χ0) is 16.3. The van der Waals surface area contributed by atoms with E-state index in [2.05, 4.69) is 0 Å². The van der Waals surface area contributed by atoms with Crippen molar-refractivity contribution in [3.05, 3.63) is 23.2 Å². The minimum Gasteiger partial charge on any atom is -0.321 e. The highest BCUT2D eigenvalue weighted by molar-refractivity contribution is 7.89. The van der Waals surface area contributed by atoms with Crippen LogP contribution in [0.15, 0.2) is 23.1 Å². The largest absolute Gasteiger partial charge is 0.321 e. The van der Waals surface area contributed by atoms with Gasteiger partial charge in [-0.25, -0.2) is 8.42 Å². The molecule has 1 aliphatic rings. The van der Waals surface area contributed by atoms with Crippen LogP contribution < -0.4 is 5.32 Å². The molecule has 1 amide bonds. The summed E-state index contributed by atoms with van der Waals surface area (Å²) in [5, 5.41) is 1.94. The first-order chi connectivity index (χ1) is 10.3. The number of rotatable bonds is 4. The third-order valence-corrected chi connectivity index (χ3v) is 5.71. The fourth-order valence-corrected chi connectivity index (χ4v) is 4.24. The number of nitrogens with one attached hydrogen (secondary N) is 1. The molecule has 0 atom stereocenters. The molecule has 0 spiro atoms. The van der Waals surface area contributed by atoms with Crippen molar-refractivity contribution >= 4 is 33.2 Å². The number of amides is 1. The first-order valence-corrected chi connectivity index (χ1v) is 8.53. The van der Waals surface area contributed by atoms with E-state index in [1.54, 1.807) is 0 Å².